The molecule has 5 heteroatoms. The largest absolute Gasteiger partial charge is 0.497 e. The van der Waals surface area contributed by atoms with Gasteiger partial charge < -0.3 is 20.1 Å². The highest BCUT2D eigenvalue weighted by Gasteiger charge is 2.31. The Labute approximate surface area is 119 Å². The molecule has 1 aliphatic rings. The summed E-state index contributed by atoms with van der Waals surface area (Å²) in [5.41, 5.74) is 1.69. The number of anilines is 1. The number of aryl methyl sites for hydroxylation is 1. The van der Waals surface area contributed by atoms with Crippen LogP contribution < -0.4 is 10.1 Å². The Kier molecular flexibility index (Phi) is 4.49. The average Bonchev–Trinajstić information content (AvgIpc) is 3.25. The Bertz CT molecular complexity index is 486. The smallest absolute Gasteiger partial charge is 0.321 e. The molecule has 1 unspecified atom stereocenters. The molecule has 5 nitrogen and oxygen atoms in total. The number of nitrogens with zero attached hydrogens (tertiary/aromatic N) is 1. The van der Waals surface area contributed by atoms with Crippen molar-refractivity contribution in [1.29, 1.82) is 0 Å². The Morgan fingerprint density at radius 2 is 2.25 bits per heavy atom. The lowest BCUT2D eigenvalue weighted by Crippen LogP contribution is -2.38. The molecule has 2 N–H and O–H groups in total. The Hall–Kier alpha value is -1.75. The van der Waals surface area contributed by atoms with Crippen LogP contribution in [0, 0.1) is 12.8 Å². The van der Waals surface area contributed by atoms with Gasteiger partial charge in [0.05, 0.1) is 13.2 Å². The summed E-state index contributed by atoms with van der Waals surface area (Å²) in [7, 11) is 3.31. The van der Waals surface area contributed by atoms with Gasteiger partial charge in [0, 0.05) is 19.3 Å². The molecule has 2 rings (SSSR count). The topological polar surface area (TPSA) is 61.8 Å². The Morgan fingerprint density at radius 1 is 1.55 bits per heavy atom. The lowest BCUT2D eigenvalue weighted by molar-refractivity contribution is 0.117. The number of urea groups is 1. The summed E-state index contributed by atoms with van der Waals surface area (Å²) >= 11 is 0. The molecule has 1 aliphatic carbocycles. The van der Waals surface area contributed by atoms with Gasteiger partial charge in [0.15, 0.2) is 0 Å². The highest BCUT2D eigenvalue weighted by molar-refractivity contribution is 5.90. The third kappa shape index (κ3) is 3.63. The normalized spacial score (nSPS) is 15.6. The van der Waals surface area contributed by atoms with Crippen molar-refractivity contribution in [3.63, 3.8) is 0 Å². The average molecular weight is 278 g/mol. The van der Waals surface area contributed by atoms with E-state index in [-0.39, 0.29) is 6.03 Å². The van der Waals surface area contributed by atoms with Crippen LogP contribution in [-0.4, -0.2) is 42.8 Å². The number of aliphatic hydroxyl groups excluding tert-OH is 1. The van der Waals surface area contributed by atoms with Gasteiger partial charge >= 0.3 is 6.03 Å². The number of ether oxygens (including phenoxy) is 1. The summed E-state index contributed by atoms with van der Waals surface area (Å²) in [4.78, 5) is 13.6. The summed E-state index contributed by atoms with van der Waals surface area (Å²) < 4.78 is 5.13. The molecule has 1 fully saturated rings. The summed E-state index contributed by atoms with van der Waals surface area (Å²) in [5.74, 6) is 1.13. The van der Waals surface area contributed by atoms with Crippen LogP contribution in [-0.2, 0) is 0 Å². The van der Waals surface area contributed by atoms with E-state index in [1.807, 2.05) is 25.1 Å². The van der Waals surface area contributed by atoms with Gasteiger partial charge in [0.2, 0.25) is 0 Å². The van der Waals surface area contributed by atoms with Crippen molar-refractivity contribution < 1.29 is 14.6 Å². The molecule has 2 amide bonds. The summed E-state index contributed by atoms with van der Waals surface area (Å²) in [5, 5.41) is 12.7. The van der Waals surface area contributed by atoms with Crippen LogP contribution in [0.1, 0.15) is 18.4 Å². The maximum absolute atomic E-state index is 12.1. The number of aliphatic hydroxyl groups is 1. The first-order valence-electron chi connectivity index (χ1n) is 6.86. The second-order valence-corrected chi connectivity index (χ2v) is 5.40. The molecule has 20 heavy (non-hydrogen) atoms. The van der Waals surface area contributed by atoms with Crippen molar-refractivity contribution in [2.24, 2.45) is 5.92 Å². The van der Waals surface area contributed by atoms with E-state index in [1.54, 1.807) is 14.2 Å². The monoisotopic (exact) mass is 278 g/mol. The molecule has 0 heterocycles. The van der Waals surface area contributed by atoms with Crippen molar-refractivity contribution in [3.05, 3.63) is 23.8 Å². The first kappa shape index (κ1) is 14.7. The number of likely N-dealkylation sites (N-methyl/N-ethyl adjacent to an activating group) is 1. The summed E-state index contributed by atoms with van der Waals surface area (Å²) in [6, 6.07) is 5.28. The van der Waals surface area contributed by atoms with Crippen LogP contribution in [0.4, 0.5) is 10.5 Å². The van der Waals surface area contributed by atoms with E-state index < -0.39 is 6.10 Å². The van der Waals surface area contributed by atoms with Crippen molar-refractivity contribution in [3.8, 4) is 5.75 Å². The number of rotatable bonds is 5. The minimum Gasteiger partial charge on any atom is -0.497 e. The molecule has 0 bridgehead atoms. The van der Waals surface area contributed by atoms with Gasteiger partial charge in [-0.15, -0.1) is 0 Å². The molecule has 0 aromatic heterocycles. The fourth-order valence-corrected chi connectivity index (χ4v) is 2.11. The third-order valence-corrected chi connectivity index (χ3v) is 3.65. The van der Waals surface area contributed by atoms with E-state index in [4.69, 9.17) is 4.74 Å². The minimum atomic E-state index is -0.414. The van der Waals surface area contributed by atoms with Crippen molar-refractivity contribution in [2.75, 3.05) is 26.0 Å². The molecule has 110 valence electrons. The molecule has 1 aromatic rings. The Balaban J connectivity index is 1.92. The van der Waals surface area contributed by atoms with Crippen LogP contribution in [0.25, 0.3) is 0 Å². The first-order valence-corrected chi connectivity index (χ1v) is 6.86. The number of nitrogens with one attached hydrogen (secondary N) is 1. The Morgan fingerprint density at radius 3 is 2.80 bits per heavy atom. The lowest BCUT2D eigenvalue weighted by Gasteiger charge is -2.21. The lowest BCUT2D eigenvalue weighted by atomic mass is 10.2. The predicted octanol–water partition coefficient (Wildman–Crippen LogP) is 2.24. The SMILES string of the molecule is COc1ccc(NC(=O)N(C)CC(O)C2CC2)c(C)c1. The molecule has 0 aliphatic heterocycles. The zero-order valence-electron chi connectivity index (χ0n) is 12.2. The number of hydrogen-bond donors (Lipinski definition) is 2. The maximum Gasteiger partial charge on any atom is 0.321 e. The first-order chi connectivity index (χ1) is 9.51. The molecule has 1 aromatic carbocycles. The number of hydrogen-bond acceptors (Lipinski definition) is 3. The minimum absolute atomic E-state index is 0.210. The van der Waals surface area contributed by atoms with Crippen LogP contribution in [0.5, 0.6) is 5.75 Å². The highest BCUT2D eigenvalue weighted by atomic mass is 16.5. The second-order valence-electron chi connectivity index (χ2n) is 5.40. The summed E-state index contributed by atoms with van der Waals surface area (Å²) in [6.45, 7) is 2.28. The molecular weight excluding hydrogens is 256 g/mol. The molecule has 1 atom stereocenters. The number of benzene rings is 1. The molecule has 0 saturated heterocycles. The second kappa shape index (κ2) is 6.13. The van der Waals surface area contributed by atoms with E-state index in [1.165, 1.54) is 4.90 Å². The fourth-order valence-electron chi connectivity index (χ4n) is 2.11. The molecule has 0 radical (unpaired) electrons. The quantitative estimate of drug-likeness (QED) is 0.868. The van der Waals surface area contributed by atoms with Crippen molar-refractivity contribution in [1.82, 2.24) is 4.90 Å². The van der Waals surface area contributed by atoms with Crippen LogP contribution >= 0.6 is 0 Å². The van der Waals surface area contributed by atoms with Crippen LogP contribution in [0.15, 0.2) is 18.2 Å². The van der Waals surface area contributed by atoms with Crippen LogP contribution in [0.2, 0.25) is 0 Å². The van der Waals surface area contributed by atoms with Gasteiger partial charge in [-0.05, 0) is 49.4 Å². The zero-order valence-corrected chi connectivity index (χ0v) is 12.2. The molecular formula is C15H22N2O3. The van der Waals surface area contributed by atoms with E-state index in [2.05, 4.69) is 5.32 Å². The highest BCUT2D eigenvalue weighted by Crippen LogP contribution is 2.32. The van der Waals surface area contributed by atoms with Gasteiger partial charge in [0.25, 0.3) is 0 Å². The standard InChI is InChI=1S/C15H22N2O3/c1-10-8-12(20-3)6-7-13(10)16-15(19)17(2)9-14(18)11-4-5-11/h6-8,11,14,18H,4-5,9H2,1-3H3,(H,16,19). The van der Waals surface area contributed by atoms with Crippen LogP contribution in [0.3, 0.4) is 0 Å². The van der Waals surface area contributed by atoms with Crippen molar-refractivity contribution >= 4 is 11.7 Å². The van der Waals surface area contributed by atoms with E-state index in [0.29, 0.717) is 12.5 Å². The zero-order chi connectivity index (χ0) is 14.7. The predicted molar refractivity (Wildman–Crippen MR) is 78.1 cm³/mol. The van der Waals surface area contributed by atoms with Gasteiger partial charge in [-0.25, -0.2) is 4.79 Å². The number of amides is 2. The summed E-state index contributed by atoms with van der Waals surface area (Å²) in [6.07, 6.45) is 1.71. The molecule has 1 saturated carbocycles. The third-order valence-electron chi connectivity index (χ3n) is 3.65. The van der Waals surface area contributed by atoms with E-state index in [9.17, 15) is 9.90 Å². The number of methoxy groups -OCH3 is 1. The van der Waals surface area contributed by atoms with E-state index >= 15 is 0 Å². The van der Waals surface area contributed by atoms with Gasteiger partial charge in [0.1, 0.15) is 5.75 Å². The fraction of sp³-hybridized carbons (Fsp3) is 0.533. The van der Waals surface area contributed by atoms with Gasteiger partial charge in [-0.2, -0.15) is 0 Å². The molecule has 0 spiro atoms. The maximum atomic E-state index is 12.1. The number of carbonyl (C=O) groups excluding carboxylic acids is 1. The van der Waals surface area contributed by atoms with Gasteiger partial charge in [-0.3, -0.25) is 0 Å². The van der Waals surface area contributed by atoms with Gasteiger partial charge in [-0.1, -0.05) is 0 Å². The van der Waals surface area contributed by atoms with Crippen molar-refractivity contribution in [2.45, 2.75) is 25.9 Å². The van der Waals surface area contributed by atoms with E-state index in [0.717, 1.165) is 29.8 Å². The number of carbonyl (C=O) groups is 1.